The first-order valence-corrected chi connectivity index (χ1v) is 5.98. The number of rotatable bonds is 5. The van der Waals surface area contributed by atoms with Gasteiger partial charge in [-0.05, 0) is 24.3 Å². The Bertz CT molecular complexity index is 579. The molecule has 0 saturated carbocycles. The molecule has 1 nitrogen and oxygen atoms in total. The van der Waals surface area contributed by atoms with Crippen molar-refractivity contribution in [2.75, 3.05) is 0 Å². The number of benzene rings is 1. The van der Waals surface area contributed by atoms with Gasteiger partial charge in [-0.2, -0.15) is 48.3 Å². The van der Waals surface area contributed by atoms with Crippen LogP contribution in [-0.2, 0) is 0 Å². The summed E-state index contributed by atoms with van der Waals surface area (Å²) in [7, 11) is 0. The van der Waals surface area contributed by atoms with Crippen molar-refractivity contribution in [2.24, 2.45) is 0 Å². The van der Waals surface area contributed by atoms with Gasteiger partial charge in [-0.1, -0.05) is 0 Å². The van der Waals surface area contributed by atoms with Crippen LogP contribution in [0.25, 0.3) is 0 Å². The minimum atomic E-state index is -7.49. The van der Waals surface area contributed by atoms with Crippen LogP contribution in [0.1, 0.15) is 0 Å². The fourth-order valence-corrected chi connectivity index (χ4v) is 1.43. The number of hydrogen-bond donors (Lipinski definition) is 1. The molecule has 138 valence electrons. The van der Waals surface area contributed by atoms with Crippen molar-refractivity contribution in [2.45, 2.75) is 34.9 Å². The summed E-state index contributed by atoms with van der Waals surface area (Å²) in [4.78, 5) is 0.103. The molecule has 13 heteroatoms. The van der Waals surface area contributed by atoms with Gasteiger partial charge >= 0.3 is 30.1 Å². The maximum Gasteiger partial charge on any atom is 0.471 e. The van der Waals surface area contributed by atoms with Crippen molar-refractivity contribution >= 4 is 12.6 Å². The average Bonchev–Trinajstić information content (AvgIpc) is 2.39. The first-order chi connectivity index (χ1) is 10.5. The van der Waals surface area contributed by atoms with E-state index in [0.29, 0.717) is 12.1 Å². The van der Waals surface area contributed by atoms with Crippen molar-refractivity contribution < 1.29 is 53.0 Å². The van der Waals surface area contributed by atoms with E-state index in [9.17, 15) is 48.3 Å². The zero-order valence-corrected chi connectivity index (χ0v) is 11.7. The van der Waals surface area contributed by atoms with Crippen molar-refractivity contribution in [1.82, 2.24) is 0 Å². The molecule has 0 aliphatic rings. The van der Waals surface area contributed by atoms with Gasteiger partial charge in [0.1, 0.15) is 5.75 Å². The standard InChI is InChI=1S/C11H5F11OS/c12-7(13,8(14,15)10(18,19)20)9(16,17)11(21,22)23-5-1-3-6(24)4-2-5/h1-4,24H. The Morgan fingerprint density at radius 2 is 1.04 bits per heavy atom. The molecule has 0 heterocycles. The third-order valence-electron chi connectivity index (χ3n) is 2.59. The summed E-state index contributed by atoms with van der Waals surface area (Å²) in [6, 6.07) is 2.84. The molecule has 0 saturated heterocycles. The fraction of sp³-hybridized carbons (Fsp3) is 0.455. The first-order valence-electron chi connectivity index (χ1n) is 5.53. The van der Waals surface area contributed by atoms with Crippen LogP contribution < -0.4 is 4.74 Å². The van der Waals surface area contributed by atoms with Crippen LogP contribution in [0, 0.1) is 0 Å². The molecule has 1 aromatic carbocycles. The summed E-state index contributed by atoms with van der Waals surface area (Å²) in [5.41, 5.74) is 0. The predicted octanol–water partition coefficient (Wildman–Crippen LogP) is 5.42. The van der Waals surface area contributed by atoms with Crippen molar-refractivity contribution in [1.29, 1.82) is 0 Å². The summed E-state index contributed by atoms with van der Waals surface area (Å²) in [6.07, 6.45) is -13.6. The molecule has 0 unspecified atom stereocenters. The Balaban J connectivity index is 3.26. The number of halogens is 11. The summed E-state index contributed by atoms with van der Waals surface area (Å²) < 4.78 is 143. The Morgan fingerprint density at radius 1 is 0.625 bits per heavy atom. The van der Waals surface area contributed by atoms with E-state index in [2.05, 4.69) is 17.4 Å². The normalized spacial score (nSPS) is 14.7. The molecule has 24 heavy (non-hydrogen) atoms. The SMILES string of the molecule is FC(F)(F)C(F)(F)C(F)(F)C(F)(F)C(F)(F)Oc1ccc(S)cc1. The van der Waals surface area contributed by atoms with Gasteiger partial charge in [0.15, 0.2) is 0 Å². The van der Waals surface area contributed by atoms with Crippen LogP contribution in [0.15, 0.2) is 29.2 Å². The fourth-order valence-electron chi connectivity index (χ4n) is 1.28. The van der Waals surface area contributed by atoms with Crippen molar-refractivity contribution in [3.05, 3.63) is 24.3 Å². The average molecular weight is 394 g/mol. The zero-order chi connectivity index (χ0) is 19.2. The molecule has 0 aromatic heterocycles. The third kappa shape index (κ3) is 3.22. The van der Waals surface area contributed by atoms with Gasteiger partial charge in [0.2, 0.25) is 0 Å². The van der Waals surface area contributed by atoms with Crippen LogP contribution in [-0.4, -0.2) is 30.1 Å². The molecular weight excluding hydrogens is 389 g/mol. The van der Waals surface area contributed by atoms with Crippen molar-refractivity contribution in [3.8, 4) is 5.75 Å². The smallest absolute Gasteiger partial charge is 0.428 e. The van der Waals surface area contributed by atoms with E-state index in [1.807, 2.05) is 0 Å². The number of hydrogen-bond acceptors (Lipinski definition) is 2. The molecule has 0 atom stereocenters. The number of thiol groups is 1. The number of ether oxygens (including phenoxy) is 1. The minimum absolute atomic E-state index is 0.103. The largest absolute Gasteiger partial charge is 0.471 e. The zero-order valence-electron chi connectivity index (χ0n) is 10.8. The minimum Gasteiger partial charge on any atom is -0.428 e. The molecule has 0 fully saturated rings. The Kier molecular flexibility index (Phi) is 5.03. The lowest BCUT2D eigenvalue weighted by Crippen LogP contribution is -2.67. The maximum atomic E-state index is 13.2. The van der Waals surface area contributed by atoms with Gasteiger partial charge in [0.05, 0.1) is 0 Å². The highest BCUT2D eigenvalue weighted by Gasteiger charge is 2.88. The van der Waals surface area contributed by atoms with Gasteiger partial charge in [0, 0.05) is 4.90 Å². The van der Waals surface area contributed by atoms with E-state index in [4.69, 9.17) is 0 Å². The van der Waals surface area contributed by atoms with Crippen LogP contribution >= 0.6 is 12.6 Å². The molecule has 1 rings (SSSR count). The molecule has 0 radical (unpaired) electrons. The lowest BCUT2D eigenvalue weighted by atomic mass is 10.0. The molecule has 0 spiro atoms. The quantitative estimate of drug-likeness (QED) is 0.519. The van der Waals surface area contributed by atoms with Crippen LogP contribution in [0.5, 0.6) is 5.75 Å². The lowest BCUT2D eigenvalue weighted by Gasteiger charge is -2.36. The van der Waals surface area contributed by atoms with E-state index < -0.39 is 35.8 Å². The van der Waals surface area contributed by atoms with E-state index in [1.165, 1.54) is 0 Å². The lowest BCUT2D eigenvalue weighted by molar-refractivity contribution is -0.445. The molecule has 0 aliphatic heterocycles. The second-order valence-electron chi connectivity index (χ2n) is 4.33. The second-order valence-corrected chi connectivity index (χ2v) is 4.85. The van der Waals surface area contributed by atoms with E-state index in [-0.39, 0.29) is 4.90 Å². The highest BCUT2D eigenvalue weighted by atomic mass is 32.1. The Hall–Kier alpha value is -1.40. The molecule has 0 amide bonds. The summed E-state index contributed by atoms with van der Waals surface area (Å²) in [6.45, 7) is 0. The monoisotopic (exact) mass is 394 g/mol. The first kappa shape index (κ1) is 20.6. The summed E-state index contributed by atoms with van der Waals surface area (Å²) in [5, 5.41) is 0. The van der Waals surface area contributed by atoms with Gasteiger partial charge in [-0.15, -0.1) is 12.6 Å². The molecule has 0 N–H and O–H groups in total. The Labute approximate surface area is 131 Å². The van der Waals surface area contributed by atoms with Gasteiger partial charge < -0.3 is 4.74 Å². The highest BCUT2D eigenvalue weighted by Crippen LogP contribution is 2.57. The van der Waals surface area contributed by atoms with Crippen molar-refractivity contribution in [3.63, 3.8) is 0 Å². The van der Waals surface area contributed by atoms with Crippen LogP contribution in [0.4, 0.5) is 48.3 Å². The predicted molar refractivity (Wildman–Crippen MR) is 60.2 cm³/mol. The molecule has 0 bridgehead atoms. The maximum absolute atomic E-state index is 13.2. The van der Waals surface area contributed by atoms with E-state index >= 15 is 0 Å². The number of alkyl halides is 11. The topological polar surface area (TPSA) is 9.23 Å². The van der Waals surface area contributed by atoms with E-state index in [0.717, 1.165) is 12.1 Å². The van der Waals surface area contributed by atoms with Crippen LogP contribution in [0.3, 0.4) is 0 Å². The second kappa shape index (κ2) is 5.85. The molecule has 0 aliphatic carbocycles. The Morgan fingerprint density at radius 3 is 1.42 bits per heavy atom. The van der Waals surface area contributed by atoms with Gasteiger partial charge in [-0.3, -0.25) is 0 Å². The summed E-state index contributed by atoms with van der Waals surface area (Å²) in [5.74, 6) is -23.3. The third-order valence-corrected chi connectivity index (χ3v) is 2.89. The van der Waals surface area contributed by atoms with E-state index in [1.54, 1.807) is 0 Å². The summed E-state index contributed by atoms with van der Waals surface area (Å²) >= 11 is 3.68. The van der Waals surface area contributed by atoms with Gasteiger partial charge in [-0.25, -0.2) is 0 Å². The van der Waals surface area contributed by atoms with Crippen LogP contribution in [0.2, 0.25) is 0 Å². The molecular formula is C11H5F11OS. The highest BCUT2D eigenvalue weighted by molar-refractivity contribution is 7.80. The van der Waals surface area contributed by atoms with Gasteiger partial charge in [0.25, 0.3) is 0 Å². The molecule has 1 aromatic rings.